The standard InChI is InChI=1S/C17H23N3O/c1-17(2)12-14-6-3-7-15(16(14)21-17)13-18-8-4-10-20-11-5-9-19-20/h3,5-7,9,11,18H,4,8,10,12-13H2,1-2H3. The summed E-state index contributed by atoms with van der Waals surface area (Å²) in [4.78, 5) is 0. The summed E-state index contributed by atoms with van der Waals surface area (Å²) in [6.45, 7) is 7.09. The van der Waals surface area contributed by atoms with Crippen LogP contribution in [0.2, 0.25) is 0 Å². The zero-order chi connectivity index (χ0) is 14.7. The van der Waals surface area contributed by atoms with Crippen molar-refractivity contribution >= 4 is 0 Å². The number of para-hydroxylation sites is 1. The fourth-order valence-corrected chi connectivity index (χ4v) is 2.84. The summed E-state index contributed by atoms with van der Waals surface area (Å²) in [7, 11) is 0. The summed E-state index contributed by atoms with van der Waals surface area (Å²) in [6, 6.07) is 8.41. The number of aryl methyl sites for hydroxylation is 1. The van der Waals surface area contributed by atoms with Crippen LogP contribution >= 0.6 is 0 Å². The van der Waals surface area contributed by atoms with Crippen LogP contribution in [-0.2, 0) is 19.5 Å². The molecule has 2 aromatic rings. The van der Waals surface area contributed by atoms with E-state index in [9.17, 15) is 0 Å². The Morgan fingerprint density at radius 2 is 2.24 bits per heavy atom. The van der Waals surface area contributed by atoms with Crippen LogP contribution in [0.5, 0.6) is 5.75 Å². The third-order valence-corrected chi connectivity index (χ3v) is 3.79. The molecule has 0 spiro atoms. The Kier molecular flexibility index (Phi) is 3.97. The summed E-state index contributed by atoms with van der Waals surface area (Å²) in [6.07, 6.45) is 5.89. The minimum atomic E-state index is -0.0709. The highest BCUT2D eigenvalue weighted by molar-refractivity contribution is 5.45. The van der Waals surface area contributed by atoms with Crippen molar-refractivity contribution in [3.63, 3.8) is 0 Å². The van der Waals surface area contributed by atoms with Gasteiger partial charge in [0.25, 0.3) is 0 Å². The molecule has 0 saturated carbocycles. The molecular formula is C17H23N3O. The third kappa shape index (κ3) is 3.45. The smallest absolute Gasteiger partial charge is 0.127 e. The van der Waals surface area contributed by atoms with E-state index in [2.05, 4.69) is 42.5 Å². The Balaban J connectivity index is 1.49. The molecule has 0 amide bonds. The molecule has 0 atom stereocenters. The van der Waals surface area contributed by atoms with Gasteiger partial charge in [-0.15, -0.1) is 0 Å². The van der Waals surface area contributed by atoms with E-state index in [1.807, 2.05) is 23.1 Å². The predicted molar refractivity (Wildman–Crippen MR) is 83.4 cm³/mol. The average molecular weight is 285 g/mol. The largest absolute Gasteiger partial charge is 0.487 e. The van der Waals surface area contributed by atoms with Gasteiger partial charge in [0.05, 0.1) is 0 Å². The average Bonchev–Trinajstić information content (AvgIpc) is 3.04. The van der Waals surface area contributed by atoms with Crippen molar-refractivity contribution in [2.75, 3.05) is 6.54 Å². The van der Waals surface area contributed by atoms with Crippen LogP contribution in [0, 0.1) is 0 Å². The number of fused-ring (bicyclic) bond motifs is 1. The van der Waals surface area contributed by atoms with Crippen LogP contribution in [0.1, 0.15) is 31.4 Å². The molecule has 1 aliphatic heterocycles. The van der Waals surface area contributed by atoms with Gasteiger partial charge in [0.1, 0.15) is 11.4 Å². The molecule has 1 N–H and O–H groups in total. The van der Waals surface area contributed by atoms with E-state index >= 15 is 0 Å². The number of rotatable bonds is 6. The maximum Gasteiger partial charge on any atom is 0.127 e. The van der Waals surface area contributed by atoms with Gasteiger partial charge in [-0.25, -0.2) is 0 Å². The molecule has 21 heavy (non-hydrogen) atoms. The van der Waals surface area contributed by atoms with Gasteiger partial charge in [-0.1, -0.05) is 18.2 Å². The number of aromatic nitrogens is 2. The lowest BCUT2D eigenvalue weighted by Gasteiger charge is -2.18. The lowest BCUT2D eigenvalue weighted by Crippen LogP contribution is -2.25. The summed E-state index contributed by atoms with van der Waals surface area (Å²) in [5.74, 6) is 1.09. The zero-order valence-electron chi connectivity index (χ0n) is 12.8. The van der Waals surface area contributed by atoms with Crippen LogP contribution in [0.4, 0.5) is 0 Å². The van der Waals surface area contributed by atoms with E-state index in [1.165, 1.54) is 11.1 Å². The maximum atomic E-state index is 6.09. The van der Waals surface area contributed by atoms with Crippen LogP contribution in [-0.4, -0.2) is 21.9 Å². The summed E-state index contributed by atoms with van der Waals surface area (Å²) < 4.78 is 8.05. The number of nitrogens with zero attached hydrogens (tertiary/aromatic N) is 2. The molecule has 1 aromatic heterocycles. The molecule has 0 radical (unpaired) electrons. The van der Waals surface area contributed by atoms with Crippen LogP contribution in [0.25, 0.3) is 0 Å². The lowest BCUT2D eigenvalue weighted by molar-refractivity contribution is 0.137. The maximum absolute atomic E-state index is 6.09. The molecule has 0 unspecified atom stereocenters. The molecule has 3 rings (SSSR count). The second-order valence-corrected chi connectivity index (χ2v) is 6.24. The van der Waals surface area contributed by atoms with Crippen LogP contribution in [0.15, 0.2) is 36.7 Å². The quantitative estimate of drug-likeness (QED) is 0.830. The number of hydrogen-bond acceptors (Lipinski definition) is 3. The molecule has 4 heteroatoms. The predicted octanol–water partition coefficient (Wildman–Crippen LogP) is 2.78. The highest BCUT2D eigenvalue weighted by Crippen LogP contribution is 2.37. The molecule has 1 aromatic carbocycles. The minimum Gasteiger partial charge on any atom is -0.487 e. The summed E-state index contributed by atoms with van der Waals surface area (Å²) in [5.41, 5.74) is 2.52. The van der Waals surface area contributed by atoms with Gasteiger partial charge in [-0.2, -0.15) is 5.10 Å². The van der Waals surface area contributed by atoms with Crippen LogP contribution in [0.3, 0.4) is 0 Å². The Morgan fingerprint density at radius 1 is 1.33 bits per heavy atom. The van der Waals surface area contributed by atoms with E-state index in [-0.39, 0.29) is 5.60 Å². The van der Waals surface area contributed by atoms with Gasteiger partial charge in [0.15, 0.2) is 0 Å². The topological polar surface area (TPSA) is 39.1 Å². The Bertz CT molecular complexity index is 590. The van der Waals surface area contributed by atoms with Crippen molar-refractivity contribution in [1.29, 1.82) is 0 Å². The van der Waals surface area contributed by atoms with Crippen molar-refractivity contribution in [1.82, 2.24) is 15.1 Å². The normalized spacial score (nSPS) is 15.7. The third-order valence-electron chi connectivity index (χ3n) is 3.79. The van der Waals surface area contributed by atoms with Gasteiger partial charge in [-0.05, 0) is 38.4 Å². The first kappa shape index (κ1) is 14.1. The molecule has 1 aliphatic rings. The van der Waals surface area contributed by atoms with E-state index in [0.717, 1.165) is 38.2 Å². The van der Waals surface area contributed by atoms with Gasteiger partial charge in [-0.3, -0.25) is 4.68 Å². The number of hydrogen-bond donors (Lipinski definition) is 1. The first-order chi connectivity index (χ1) is 10.1. The molecular weight excluding hydrogens is 262 g/mol. The summed E-state index contributed by atoms with van der Waals surface area (Å²) >= 11 is 0. The van der Waals surface area contributed by atoms with Crippen molar-refractivity contribution in [3.05, 3.63) is 47.8 Å². The van der Waals surface area contributed by atoms with Crippen LogP contribution < -0.4 is 10.1 Å². The first-order valence-electron chi connectivity index (χ1n) is 7.62. The van der Waals surface area contributed by atoms with Crippen molar-refractivity contribution in [2.24, 2.45) is 0 Å². The van der Waals surface area contributed by atoms with E-state index in [0.29, 0.717) is 0 Å². The monoisotopic (exact) mass is 285 g/mol. The highest BCUT2D eigenvalue weighted by atomic mass is 16.5. The van der Waals surface area contributed by atoms with E-state index in [1.54, 1.807) is 0 Å². The van der Waals surface area contributed by atoms with Gasteiger partial charge >= 0.3 is 0 Å². The van der Waals surface area contributed by atoms with Crippen molar-refractivity contribution in [3.8, 4) is 5.75 Å². The second-order valence-electron chi connectivity index (χ2n) is 6.24. The van der Waals surface area contributed by atoms with Crippen molar-refractivity contribution in [2.45, 2.75) is 45.4 Å². The molecule has 0 fully saturated rings. The van der Waals surface area contributed by atoms with E-state index < -0.39 is 0 Å². The Labute approximate surface area is 126 Å². The molecule has 2 heterocycles. The minimum absolute atomic E-state index is 0.0709. The molecule has 0 saturated heterocycles. The molecule has 0 aliphatic carbocycles. The Hall–Kier alpha value is -1.81. The highest BCUT2D eigenvalue weighted by Gasteiger charge is 2.31. The Morgan fingerprint density at radius 3 is 3.05 bits per heavy atom. The van der Waals surface area contributed by atoms with Gasteiger partial charge in [0, 0.05) is 37.5 Å². The van der Waals surface area contributed by atoms with Gasteiger partial charge in [0.2, 0.25) is 0 Å². The fourth-order valence-electron chi connectivity index (χ4n) is 2.84. The number of ether oxygens (including phenoxy) is 1. The van der Waals surface area contributed by atoms with Crippen molar-refractivity contribution < 1.29 is 4.74 Å². The molecule has 4 nitrogen and oxygen atoms in total. The molecule has 0 bridgehead atoms. The SMILES string of the molecule is CC1(C)Cc2cccc(CNCCCn3cccn3)c2O1. The lowest BCUT2D eigenvalue weighted by atomic mass is 10.0. The number of nitrogens with one attached hydrogen (secondary N) is 1. The van der Waals surface area contributed by atoms with Gasteiger partial charge < -0.3 is 10.1 Å². The number of benzene rings is 1. The molecule has 112 valence electrons. The fraction of sp³-hybridized carbons (Fsp3) is 0.471. The zero-order valence-corrected chi connectivity index (χ0v) is 12.8. The van der Waals surface area contributed by atoms with E-state index in [4.69, 9.17) is 4.74 Å². The first-order valence-corrected chi connectivity index (χ1v) is 7.62. The second kappa shape index (κ2) is 5.90. The summed E-state index contributed by atoms with van der Waals surface area (Å²) in [5, 5.41) is 7.70.